The van der Waals surface area contributed by atoms with Crippen LogP contribution in [0.5, 0.6) is 0 Å². The van der Waals surface area contributed by atoms with Gasteiger partial charge < -0.3 is 0 Å². The lowest BCUT2D eigenvalue weighted by molar-refractivity contribution is 0.224. The molecule has 0 unspecified atom stereocenters. The monoisotopic (exact) mass is 322 g/mol. The zero-order chi connectivity index (χ0) is 12.4. The first kappa shape index (κ1) is 12.7. The Bertz CT molecular complexity index is 523. The molecule has 2 heteroatoms. The van der Waals surface area contributed by atoms with E-state index in [0.717, 1.165) is 5.33 Å². The molecule has 1 aromatic heterocycles. The zero-order valence-electron chi connectivity index (χ0n) is 10.6. The van der Waals surface area contributed by atoms with Crippen molar-refractivity contribution in [1.82, 2.24) is 0 Å². The topological polar surface area (TPSA) is 0 Å². The lowest BCUT2D eigenvalue weighted by atomic mass is 9.72. The lowest BCUT2D eigenvalue weighted by Gasteiger charge is -2.35. The van der Waals surface area contributed by atoms with Crippen LogP contribution < -0.4 is 0 Å². The average molecular weight is 323 g/mol. The summed E-state index contributed by atoms with van der Waals surface area (Å²) in [5, 5.41) is 5.02. The van der Waals surface area contributed by atoms with Crippen molar-refractivity contribution in [2.24, 2.45) is 5.41 Å². The number of halogens is 1. The van der Waals surface area contributed by atoms with E-state index < -0.39 is 0 Å². The van der Waals surface area contributed by atoms with Crippen LogP contribution in [0.4, 0.5) is 0 Å². The molecule has 0 radical (unpaired) electrons. The van der Waals surface area contributed by atoms with E-state index in [1.54, 1.807) is 5.56 Å². The Morgan fingerprint density at radius 3 is 2.67 bits per heavy atom. The predicted octanol–water partition coefficient (Wildman–Crippen LogP) is 5.79. The van der Waals surface area contributed by atoms with Crippen molar-refractivity contribution in [2.45, 2.75) is 38.5 Å². The van der Waals surface area contributed by atoms with E-state index in [4.69, 9.17) is 0 Å². The lowest BCUT2D eigenvalue weighted by Crippen LogP contribution is -2.28. The molecular weight excluding hydrogens is 304 g/mol. The first-order valence-corrected chi connectivity index (χ1v) is 8.84. The van der Waals surface area contributed by atoms with E-state index in [1.165, 1.54) is 48.6 Å². The Labute approximate surface area is 122 Å². The van der Waals surface area contributed by atoms with E-state index in [1.807, 2.05) is 11.3 Å². The fraction of sp³-hybridized carbons (Fsp3) is 0.500. The van der Waals surface area contributed by atoms with Crippen molar-refractivity contribution in [3.63, 3.8) is 0 Å². The molecule has 1 fully saturated rings. The average Bonchev–Trinajstić information content (AvgIpc) is 2.83. The molecule has 0 nitrogen and oxygen atoms in total. The molecule has 3 rings (SSSR count). The fourth-order valence-corrected chi connectivity index (χ4v) is 4.95. The molecule has 0 saturated heterocycles. The highest BCUT2D eigenvalue weighted by Crippen LogP contribution is 2.42. The molecule has 2 aromatic rings. The Hall–Kier alpha value is -0.340. The van der Waals surface area contributed by atoms with Gasteiger partial charge >= 0.3 is 0 Å². The van der Waals surface area contributed by atoms with Gasteiger partial charge in [0.05, 0.1) is 0 Å². The van der Waals surface area contributed by atoms with Crippen LogP contribution >= 0.6 is 27.3 Å². The van der Waals surface area contributed by atoms with Crippen LogP contribution in [0.15, 0.2) is 29.6 Å². The second-order valence-electron chi connectivity index (χ2n) is 5.63. The Morgan fingerprint density at radius 2 is 1.89 bits per heavy atom. The Kier molecular flexibility index (Phi) is 3.76. The fourth-order valence-electron chi connectivity index (χ4n) is 3.23. The first-order chi connectivity index (χ1) is 8.83. The first-order valence-electron chi connectivity index (χ1n) is 6.84. The molecule has 1 aliphatic rings. The van der Waals surface area contributed by atoms with Crippen LogP contribution in [0.25, 0.3) is 10.1 Å². The van der Waals surface area contributed by atoms with Crippen molar-refractivity contribution in [3.8, 4) is 0 Å². The smallest absolute Gasteiger partial charge is 0.0345 e. The van der Waals surface area contributed by atoms with Gasteiger partial charge in [-0.05, 0) is 47.1 Å². The molecule has 0 bridgehead atoms. The van der Waals surface area contributed by atoms with E-state index in [0.29, 0.717) is 5.41 Å². The second kappa shape index (κ2) is 5.34. The summed E-state index contributed by atoms with van der Waals surface area (Å²) < 4.78 is 1.44. The summed E-state index contributed by atoms with van der Waals surface area (Å²) in [6, 6.07) is 8.83. The summed E-state index contributed by atoms with van der Waals surface area (Å²) in [5.41, 5.74) is 2.08. The summed E-state index contributed by atoms with van der Waals surface area (Å²) in [7, 11) is 0. The molecule has 1 aliphatic carbocycles. The number of thiophene rings is 1. The third-order valence-corrected chi connectivity index (χ3v) is 6.53. The largest absolute Gasteiger partial charge is 0.144 e. The minimum Gasteiger partial charge on any atom is -0.144 e. The third kappa shape index (κ3) is 2.37. The number of hydrogen-bond donors (Lipinski definition) is 0. The highest BCUT2D eigenvalue weighted by molar-refractivity contribution is 9.09. The van der Waals surface area contributed by atoms with Crippen LogP contribution in [0.2, 0.25) is 0 Å². The van der Waals surface area contributed by atoms with Crippen molar-refractivity contribution in [2.75, 3.05) is 5.33 Å². The number of benzene rings is 1. The number of alkyl halides is 1. The molecule has 0 spiro atoms. The van der Waals surface area contributed by atoms with Gasteiger partial charge in [0, 0.05) is 10.0 Å². The molecule has 0 atom stereocenters. The van der Waals surface area contributed by atoms with Gasteiger partial charge in [0.2, 0.25) is 0 Å². The van der Waals surface area contributed by atoms with Gasteiger partial charge in [0.1, 0.15) is 0 Å². The molecule has 0 amide bonds. The van der Waals surface area contributed by atoms with E-state index in [2.05, 4.69) is 45.6 Å². The standard InChI is InChI=1S/C16H19BrS/c17-12-16(8-4-1-5-9-16)10-13-11-18-15-7-3-2-6-14(13)15/h2-3,6-7,11H,1,4-5,8-10,12H2. The van der Waals surface area contributed by atoms with Crippen molar-refractivity contribution in [3.05, 3.63) is 35.2 Å². The van der Waals surface area contributed by atoms with Gasteiger partial charge in [0.15, 0.2) is 0 Å². The molecule has 96 valence electrons. The van der Waals surface area contributed by atoms with E-state index in [-0.39, 0.29) is 0 Å². The molecule has 18 heavy (non-hydrogen) atoms. The van der Waals surface area contributed by atoms with Gasteiger partial charge in [-0.2, -0.15) is 0 Å². The zero-order valence-corrected chi connectivity index (χ0v) is 13.0. The van der Waals surface area contributed by atoms with Gasteiger partial charge in [-0.3, -0.25) is 0 Å². The summed E-state index contributed by atoms with van der Waals surface area (Å²) in [4.78, 5) is 0. The normalized spacial score (nSPS) is 19.2. The summed E-state index contributed by atoms with van der Waals surface area (Å²) >= 11 is 5.68. The van der Waals surface area contributed by atoms with Gasteiger partial charge in [0.25, 0.3) is 0 Å². The number of fused-ring (bicyclic) bond motifs is 1. The van der Waals surface area contributed by atoms with Crippen LogP contribution in [0.1, 0.15) is 37.7 Å². The molecule has 1 heterocycles. The van der Waals surface area contributed by atoms with E-state index >= 15 is 0 Å². The van der Waals surface area contributed by atoms with E-state index in [9.17, 15) is 0 Å². The number of rotatable bonds is 3. The molecule has 1 saturated carbocycles. The Balaban J connectivity index is 1.90. The van der Waals surface area contributed by atoms with Crippen molar-refractivity contribution >= 4 is 37.4 Å². The highest BCUT2D eigenvalue weighted by atomic mass is 79.9. The van der Waals surface area contributed by atoms with Crippen molar-refractivity contribution < 1.29 is 0 Å². The number of hydrogen-bond acceptors (Lipinski definition) is 1. The van der Waals surface area contributed by atoms with Gasteiger partial charge in [-0.25, -0.2) is 0 Å². The second-order valence-corrected chi connectivity index (χ2v) is 7.10. The maximum atomic E-state index is 3.78. The minimum absolute atomic E-state index is 0.516. The summed E-state index contributed by atoms with van der Waals surface area (Å²) in [6.07, 6.45) is 8.29. The minimum atomic E-state index is 0.516. The summed E-state index contributed by atoms with van der Waals surface area (Å²) in [5.74, 6) is 0. The van der Waals surface area contributed by atoms with Crippen LogP contribution in [0, 0.1) is 5.41 Å². The van der Waals surface area contributed by atoms with Crippen LogP contribution in [-0.2, 0) is 6.42 Å². The van der Waals surface area contributed by atoms with Crippen molar-refractivity contribution in [1.29, 1.82) is 0 Å². The van der Waals surface area contributed by atoms with Gasteiger partial charge in [-0.15, -0.1) is 11.3 Å². The predicted molar refractivity (Wildman–Crippen MR) is 84.8 cm³/mol. The third-order valence-electron chi connectivity index (χ3n) is 4.32. The molecular formula is C16H19BrS. The maximum absolute atomic E-state index is 3.78. The van der Waals surface area contributed by atoms with Crippen LogP contribution in [0.3, 0.4) is 0 Å². The quantitative estimate of drug-likeness (QED) is 0.627. The SMILES string of the molecule is BrCC1(Cc2csc3ccccc23)CCCCC1. The molecule has 0 aliphatic heterocycles. The summed E-state index contributed by atoms with van der Waals surface area (Å²) in [6.45, 7) is 0. The molecule has 1 aromatic carbocycles. The van der Waals surface area contributed by atoms with Crippen LogP contribution in [-0.4, -0.2) is 5.33 Å². The molecule has 0 N–H and O–H groups in total. The Morgan fingerprint density at radius 1 is 1.11 bits per heavy atom. The van der Waals surface area contributed by atoms with Gasteiger partial charge in [-0.1, -0.05) is 53.4 Å². The highest BCUT2D eigenvalue weighted by Gasteiger charge is 2.31. The maximum Gasteiger partial charge on any atom is 0.0345 e.